The van der Waals surface area contributed by atoms with Gasteiger partial charge in [-0.3, -0.25) is 0 Å². The van der Waals surface area contributed by atoms with Crippen LogP contribution in [0.5, 0.6) is 5.75 Å². The molecule has 4 heteroatoms. The largest absolute Gasteiger partial charge is 0.495 e. The van der Waals surface area contributed by atoms with Crippen molar-refractivity contribution < 1.29 is 9.84 Å². The molecule has 2 N–H and O–H groups in total. The van der Waals surface area contributed by atoms with Gasteiger partial charge in [-0.1, -0.05) is 25.3 Å². The van der Waals surface area contributed by atoms with Crippen LogP contribution in [0.3, 0.4) is 0 Å². The summed E-state index contributed by atoms with van der Waals surface area (Å²) in [5.41, 5.74) is 1.05. The van der Waals surface area contributed by atoms with E-state index in [0.717, 1.165) is 31.2 Å². The highest BCUT2D eigenvalue weighted by Crippen LogP contribution is 2.27. The summed E-state index contributed by atoms with van der Waals surface area (Å²) in [7, 11) is 1.57. The monoisotopic (exact) mass is 274 g/mol. The molecule has 1 saturated carbocycles. The molecule has 1 aliphatic rings. The Hall–Kier alpha value is -1.57. The summed E-state index contributed by atoms with van der Waals surface area (Å²) in [6.45, 7) is 1.29. The molecule has 108 valence electrons. The van der Waals surface area contributed by atoms with Crippen molar-refractivity contribution in [1.82, 2.24) is 5.32 Å². The minimum Gasteiger partial charge on any atom is -0.495 e. The van der Waals surface area contributed by atoms with Crippen LogP contribution >= 0.6 is 0 Å². The summed E-state index contributed by atoms with van der Waals surface area (Å²) in [5, 5.41) is 22.7. The Labute approximate surface area is 120 Å². The van der Waals surface area contributed by atoms with Gasteiger partial charge < -0.3 is 15.2 Å². The molecular formula is C16H22N2O2. The third-order valence-electron chi connectivity index (χ3n) is 3.95. The second-order valence-corrected chi connectivity index (χ2v) is 5.53. The zero-order valence-corrected chi connectivity index (χ0v) is 12.0. The van der Waals surface area contributed by atoms with Crippen LogP contribution < -0.4 is 10.1 Å². The molecule has 2 rings (SSSR count). The number of benzene rings is 1. The van der Waals surface area contributed by atoms with Gasteiger partial charge in [-0.05, 0) is 30.5 Å². The zero-order chi connectivity index (χ0) is 14.4. The van der Waals surface area contributed by atoms with Gasteiger partial charge in [0.05, 0.1) is 18.3 Å². The molecule has 0 aliphatic heterocycles. The Morgan fingerprint density at radius 1 is 1.35 bits per heavy atom. The van der Waals surface area contributed by atoms with Crippen molar-refractivity contribution in [2.24, 2.45) is 0 Å². The highest BCUT2D eigenvalue weighted by Gasteiger charge is 2.28. The number of nitrogens with one attached hydrogen (secondary N) is 1. The van der Waals surface area contributed by atoms with E-state index in [-0.39, 0.29) is 0 Å². The molecule has 20 heavy (non-hydrogen) atoms. The minimum atomic E-state index is -0.547. The first-order valence-electron chi connectivity index (χ1n) is 7.17. The van der Waals surface area contributed by atoms with Crippen molar-refractivity contribution in [2.75, 3.05) is 13.7 Å². The fourth-order valence-corrected chi connectivity index (χ4v) is 2.76. The summed E-state index contributed by atoms with van der Waals surface area (Å²) in [4.78, 5) is 0. The molecule has 0 bridgehead atoms. The van der Waals surface area contributed by atoms with Gasteiger partial charge in [0.15, 0.2) is 0 Å². The number of hydrogen-bond acceptors (Lipinski definition) is 4. The van der Waals surface area contributed by atoms with Crippen molar-refractivity contribution in [1.29, 1.82) is 5.26 Å². The predicted octanol–water partition coefficient (Wildman–Crippen LogP) is 2.35. The molecule has 1 fully saturated rings. The molecule has 1 aromatic rings. The molecule has 0 saturated heterocycles. The Kier molecular flexibility index (Phi) is 4.99. The average molecular weight is 274 g/mol. The van der Waals surface area contributed by atoms with E-state index in [2.05, 4.69) is 11.4 Å². The molecule has 0 aromatic heterocycles. The highest BCUT2D eigenvalue weighted by atomic mass is 16.5. The lowest BCUT2D eigenvalue weighted by Crippen LogP contribution is -2.41. The van der Waals surface area contributed by atoms with Crippen molar-refractivity contribution in [3.05, 3.63) is 29.3 Å². The molecule has 0 radical (unpaired) electrons. The summed E-state index contributed by atoms with van der Waals surface area (Å²) in [6.07, 6.45) is 5.23. The lowest BCUT2D eigenvalue weighted by Gasteiger charge is -2.32. The molecule has 4 nitrogen and oxygen atoms in total. The first kappa shape index (κ1) is 14.8. The Morgan fingerprint density at radius 2 is 2.10 bits per heavy atom. The van der Waals surface area contributed by atoms with E-state index in [1.165, 1.54) is 6.42 Å². The Balaban J connectivity index is 1.89. The Bertz CT molecular complexity index is 488. The molecule has 0 spiro atoms. The summed E-state index contributed by atoms with van der Waals surface area (Å²) >= 11 is 0. The number of ether oxygens (including phenoxy) is 1. The van der Waals surface area contributed by atoms with Crippen LogP contribution in [0.2, 0.25) is 0 Å². The third kappa shape index (κ3) is 3.72. The normalized spacial score (nSPS) is 17.4. The third-order valence-corrected chi connectivity index (χ3v) is 3.95. The fourth-order valence-electron chi connectivity index (χ4n) is 2.76. The summed E-state index contributed by atoms with van der Waals surface area (Å²) in [5.74, 6) is 0.600. The highest BCUT2D eigenvalue weighted by molar-refractivity contribution is 5.45. The van der Waals surface area contributed by atoms with E-state index in [1.54, 1.807) is 13.2 Å². The second kappa shape index (κ2) is 6.74. The molecule has 0 heterocycles. The van der Waals surface area contributed by atoms with Gasteiger partial charge in [0, 0.05) is 13.1 Å². The van der Waals surface area contributed by atoms with Crippen LogP contribution in [0.25, 0.3) is 0 Å². The quantitative estimate of drug-likeness (QED) is 0.865. The maximum atomic E-state index is 10.4. The summed E-state index contributed by atoms with van der Waals surface area (Å²) < 4.78 is 5.19. The second-order valence-electron chi connectivity index (χ2n) is 5.53. The van der Waals surface area contributed by atoms with Gasteiger partial charge in [-0.25, -0.2) is 0 Å². The van der Waals surface area contributed by atoms with Crippen molar-refractivity contribution in [3.63, 3.8) is 0 Å². The number of rotatable bonds is 5. The maximum absolute atomic E-state index is 10.4. The standard InChI is InChI=1S/C16H22N2O2/c1-20-15-9-13(5-6-14(15)10-17)11-18-12-16(19)7-3-2-4-8-16/h5-6,9,18-19H,2-4,7-8,11-12H2,1H3. The van der Waals surface area contributed by atoms with Crippen LogP contribution in [0, 0.1) is 11.3 Å². The van der Waals surface area contributed by atoms with Crippen molar-refractivity contribution in [3.8, 4) is 11.8 Å². The van der Waals surface area contributed by atoms with Gasteiger partial charge in [0.1, 0.15) is 11.8 Å². The number of nitriles is 1. The predicted molar refractivity (Wildman–Crippen MR) is 77.5 cm³/mol. The lowest BCUT2D eigenvalue weighted by atomic mass is 9.85. The number of nitrogens with zero attached hydrogens (tertiary/aromatic N) is 1. The molecule has 1 aliphatic carbocycles. The number of aliphatic hydroxyl groups is 1. The molecule has 0 unspecified atom stereocenters. The van der Waals surface area contributed by atoms with E-state index in [1.807, 2.05) is 12.1 Å². The number of hydrogen-bond donors (Lipinski definition) is 2. The minimum absolute atomic E-state index is 0.544. The molecule has 1 aromatic carbocycles. The van der Waals surface area contributed by atoms with E-state index < -0.39 is 5.60 Å². The fraction of sp³-hybridized carbons (Fsp3) is 0.562. The van der Waals surface area contributed by atoms with Crippen molar-refractivity contribution in [2.45, 2.75) is 44.2 Å². The van der Waals surface area contributed by atoms with Gasteiger partial charge >= 0.3 is 0 Å². The van der Waals surface area contributed by atoms with Crippen LogP contribution in [0.15, 0.2) is 18.2 Å². The van der Waals surface area contributed by atoms with Crippen LogP contribution in [0.1, 0.15) is 43.2 Å². The SMILES string of the molecule is COc1cc(CNCC2(O)CCCCC2)ccc1C#N. The van der Waals surface area contributed by atoms with Gasteiger partial charge in [-0.15, -0.1) is 0 Å². The lowest BCUT2D eigenvalue weighted by molar-refractivity contribution is 0.00467. The van der Waals surface area contributed by atoms with Crippen LogP contribution in [-0.4, -0.2) is 24.4 Å². The van der Waals surface area contributed by atoms with E-state index in [9.17, 15) is 5.11 Å². The average Bonchev–Trinajstić information content (AvgIpc) is 2.47. The van der Waals surface area contributed by atoms with Crippen LogP contribution in [-0.2, 0) is 6.54 Å². The van der Waals surface area contributed by atoms with Gasteiger partial charge in [-0.2, -0.15) is 5.26 Å². The summed E-state index contributed by atoms with van der Waals surface area (Å²) in [6, 6.07) is 7.66. The number of methoxy groups -OCH3 is 1. The topological polar surface area (TPSA) is 65.3 Å². The maximum Gasteiger partial charge on any atom is 0.136 e. The first-order chi connectivity index (χ1) is 9.67. The zero-order valence-electron chi connectivity index (χ0n) is 12.0. The van der Waals surface area contributed by atoms with E-state index >= 15 is 0 Å². The van der Waals surface area contributed by atoms with E-state index in [4.69, 9.17) is 10.00 Å². The van der Waals surface area contributed by atoms with E-state index in [0.29, 0.717) is 24.4 Å². The molecular weight excluding hydrogens is 252 g/mol. The Morgan fingerprint density at radius 3 is 2.75 bits per heavy atom. The van der Waals surface area contributed by atoms with Crippen LogP contribution in [0.4, 0.5) is 0 Å². The molecule has 0 amide bonds. The molecule has 0 atom stereocenters. The van der Waals surface area contributed by atoms with Crippen molar-refractivity contribution >= 4 is 0 Å². The first-order valence-corrected chi connectivity index (χ1v) is 7.17. The van der Waals surface area contributed by atoms with Gasteiger partial charge in [0.25, 0.3) is 0 Å². The van der Waals surface area contributed by atoms with Gasteiger partial charge in [0.2, 0.25) is 0 Å². The smallest absolute Gasteiger partial charge is 0.136 e.